The van der Waals surface area contributed by atoms with Crippen LogP contribution in [0.15, 0.2) is 29.6 Å². The summed E-state index contributed by atoms with van der Waals surface area (Å²) in [5.41, 5.74) is 1.78. The molecule has 0 saturated carbocycles. The van der Waals surface area contributed by atoms with Gasteiger partial charge < -0.3 is 15.2 Å². The van der Waals surface area contributed by atoms with Crippen LogP contribution in [-0.4, -0.2) is 11.7 Å². The summed E-state index contributed by atoms with van der Waals surface area (Å²) < 4.78 is 5.67. The number of aliphatic hydroxyl groups is 1. The third-order valence-electron chi connectivity index (χ3n) is 3.12. The van der Waals surface area contributed by atoms with Gasteiger partial charge in [-0.2, -0.15) is 0 Å². The second-order valence-corrected chi connectivity index (χ2v) is 5.89. The molecule has 0 radical (unpaired) electrons. The largest absolute Gasteiger partial charge is 0.491 e. The van der Waals surface area contributed by atoms with E-state index in [4.69, 9.17) is 16.3 Å². The minimum atomic E-state index is -0.429. The summed E-state index contributed by atoms with van der Waals surface area (Å²) >= 11 is 7.52. The van der Waals surface area contributed by atoms with Gasteiger partial charge >= 0.3 is 0 Å². The number of rotatable bonds is 3. The van der Waals surface area contributed by atoms with Gasteiger partial charge in [-0.1, -0.05) is 23.7 Å². The molecular formula is C14H14ClNO2S. The fraction of sp³-hybridized carbons (Fsp3) is 0.286. The third kappa shape index (κ3) is 2.71. The van der Waals surface area contributed by atoms with Gasteiger partial charge in [0.2, 0.25) is 0 Å². The minimum Gasteiger partial charge on any atom is -0.491 e. The Kier molecular flexibility index (Phi) is 3.64. The number of aliphatic hydroxyl groups excluding tert-OH is 1. The van der Waals surface area contributed by atoms with Crippen LogP contribution in [0, 0.1) is 0 Å². The van der Waals surface area contributed by atoms with Crippen LogP contribution in [0.2, 0.25) is 5.02 Å². The number of fused-ring (bicyclic) bond motifs is 1. The molecule has 0 spiro atoms. The highest BCUT2D eigenvalue weighted by atomic mass is 35.5. The first kappa shape index (κ1) is 12.8. The highest BCUT2D eigenvalue weighted by molar-refractivity contribution is 7.10. The lowest BCUT2D eigenvalue weighted by molar-refractivity contribution is 0.116. The van der Waals surface area contributed by atoms with Crippen LogP contribution in [0.25, 0.3) is 0 Å². The van der Waals surface area contributed by atoms with Crippen molar-refractivity contribution in [2.24, 2.45) is 0 Å². The van der Waals surface area contributed by atoms with E-state index in [1.54, 1.807) is 11.3 Å². The zero-order chi connectivity index (χ0) is 13.2. The van der Waals surface area contributed by atoms with Crippen molar-refractivity contribution in [3.63, 3.8) is 0 Å². The van der Waals surface area contributed by atoms with Gasteiger partial charge in [-0.3, -0.25) is 0 Å². The Morgan fingerprint density at radius 3 is 3.16 bits per heavy atom. The Bertz CT molecular complexity index is 585. The normalized spacial score (nSPS) is 17.7. The topological polar surface area (TPSA) is 41.5 Å². The molecule has 0 aliphatic carbocycles. The number of anilines is 1. The molecule has 1 aliphatic heterocycles. The number of hydrogen-bond donors (Lipinski definition) is 2. The van der Waals surface area contributed by atoms with Crippen LogP contribution in [0.5, 0.6) is 5.75 Å². The fourth-order valence-electron chi connectivity index (χ4n) is 2.17. The molecule has 0 saturated heterocycles. The van der Waals surface area contributed by atoms with Crippen molar-refractivity contribution in [3.05, 3.63) is 45.1 Å². The fourth-order valence-corrected chi connectivity index (χ4v) is 3.19. The van der Waals surface area contributed by atoms with E-state index in [0.29, 0.717) is 19.6 Å². The molecule has 1 atom stereocenters. The van der Waals surface area contributed by atoms with E-state index in [2.05, 4.69) is 5.32 Å². The molecule has 2 N–H and O–H groups in total. The molecule has 1 aliphatic rings. The van der Waals surface area contributed by atoms with Gasteiger partial charge in [-0.25, -0.2) is 0 Å². The maximum Gasteiger partial charge on any atom is 0.148 e. The van der Waals surface area contributed by atoms with Crippen molar-refractivity contribution in [1.29, 1.82) is 0 Å². The van der Waals surface area contributed by atoms with Gasteiger partial charge in [0.05, 0.1) is 23.4 Å². The number of ether oxygens (including phenoxy) is 1. The summed E-state index contributed by atoms with van der Waals surface area (Å²) in [6, 6.07) is 7.75. The third-order valence-corrected chi connectivity index (χ3v) is 4.40. The monoisotopic (exact) mass is 295 g/mol. The molecule has 3 nitrogen and oxygen atoms in total. The van der Waals surface area contributed by atoms with Gasteiger partial charge in [-0.15, -0.1) is 11.3 Å². The lowest BCUT2D eigenvalue weighted by atomic mass is 10.0. The first-order valence-electron chi connectivity index (χ1n) is 6.14. The van der Waals surface area contributed by atoms with E-state index < -0.39 is 6.10 Å². The van der Waals surface area contributed by atoms with Crippen molar-refractivity contribution < 1.29 is 9.84 Å². The van der Waals surface area contributed by atoms with Crippen LogP contribution >= 0.6 is 22.9 Å². The number of para-hydroxylation sites is 1. The summed E-state index contributed by atoms with van der Waals surface area (Å²) in [6.07, 6.45) is 0.221. The van der Waals surface area contributed by atoms with Crippen molar-refractivity contribution in [2.75, 3.05) is 11.9 Å². The van der Waals surface area contributed by atoms with Gasteiger partial charge in [-0.05, 0) is 12.1 Å². The summed E-state index contributed by atoms with van der Waals surface area (Å²) in [4.78, 5) is 1.17. The Labute approximate surface area is 120 Å². The molecule has 0 fully saturated rings. The number of halogens is 1. The van der Waals surface area contributed by atoms with E-state index >= 15 is 0 Å². The van der Waals surface area contributed by atoms with Crippen LogP contribution in [0.1, 0.15) is 23.0 Å². The number of thiophene rings is 1. The quantitative estimate of drug-likeness (QED) is 0.904. The van der Waals surface area contributed by atoms with Crippen molar-refractivity contribution >= 4 is 28.6 Å². The molecule has 2 heterocycles. The van der Waals surface area contributed by atoms with E-state index in [9.17, 15) is 5.11 Å². The molecule has 0 bridgehead atoms. The number of hydrogen-bond acceptors (Lipinski definition) is 4. The van der Waals surface area contributed by atoms with Gasteiger partial charge in [0, 0.05) is 28.8 Å². The SMILES string of the molecule is OC1CCOc2c(NCc3cc(Cl)cs3)cccc21. The molecule has 1 aromatic carbocycles. The zero-order valence-electron chi connectivity index (χ0n) is 10.2. The van der Waals surface area contributed by atoms with Crippen LogP contribution in [-0.2, 0) is 6.54 Å². The Balaban J connectivity index is 1.79. The van der Waals surface area contributed by atoms with Gasteiger partial charge in [0.25, 0.3) is 0 Å². The summed E-state index contributed by atoms with van der Waals surface area (Å²) in [5.74, 6) is 0.768. The average Bonchev–Trinajstić information content (AvgIpc) is 2.83. The predicted molar refractivity (Wildman–Crippen MR) is 78.2 cm³/mol. The molecule has 100 valence electrons. The van der Waals surface area contributed by atoms with Crippen LogP contribution < -0.4 is 10.1 Å². The standard InChI is InChI=1S/C14H14ClNO2S/c15-9-6-10(19-8-9)7-16-12-3-1-2-11-13(17)4-5-18-14(11)12/h1-3,6,8,13,16-17H,4-5,7H2. The van der Waals surface area contributed by atoms with Gasteiger partial charge in [0.15, 0.2) is 0 Å². The van der Waals surface area contributed by atoms with Crippen molar-refractivity contribution in [2.45, 2.75) is 19.1 Å². The number of nitrogens with one attached hydrogen (secondary N) is 1. The Morgan fingerprint density at radius 1 is 1.47 bits per heavy atom. The predicted octanol–water partition coefficient (Wildman–Crippen LogP) is 3.83. The maximum absolute atomic E-state index is 9.95. The molecule has 0 amide bonds. The summed E-state index contributed by atoms with van der Waals surface area (Å²) in [5, 5.41) is 16.0. The first-order chi connectivity index (χ1) is 9.24. The highest BCUT2D eigenvalue weighted by Crippen LogP contribution is 2.38. The van der Waals surface area contributed by atoms with E-state index in [-0.39, 0.29) is 0 Å². The first-order valence-corrected chi connectivity index (χ1v) is 7.40. The molecular weight excluding hydrogens is 282 g/mol. The average molecular weight is 296 g/mol. The van der Waals surface area contributed by atoms with Crippen molar-refractivity contribution in [3.8, 4) is 5.75 Å². The minimum absolute atomic E-state index is 0.429. The molecule has 1 aromatic heterocycles. The Hall–Kier alpha value is -1.23. The lowest BCUT2D eigenvalue weighted by Crippen LogP contribution is -2.15. The summed E-state index contributed by atoms with van der Waals surface area (Å²) in [6.45, 7) is 1.25. The number of benzene rings is 1. The van der Waals surface area contributed by atoms with Crippen LogP contribution in [0.3, 0.4) is 0 Å². The second-order valence-electron chi connectivity index (χ2n) is 4.46. The van der Waals surface area contributed by atoms with Crippen molar-refractivity contribution in [1.82, 2.24) is 0 Å². The molecule has 2 aromatic rings. The lowest BCUT2D eigenvalue weighted by Gasteiger charge is -2.24. The zero-order valence-corrected chi connectivity index (χ0v) is 11.8. The van der Waals surface area contributed by atoms with Crippen LogP contribution in [0.4, 0.5) is 5.69 Å². The summed E-state index contributed by atoms with van der Waals surface area (Å²) in [7, 11) is 0. The molecule has 1 unspecified atom stereocenters. The van der Waals surface area contributed by atoms with Gasteiger partial charge in [0.1, 0.15) is 5.75 Å². The molecule has 19 heavy (non-hydrogen) atoms. The molecule has 3 rings (SSSR count). The second kappa shape index (κ2) is 5.41. The van der Waals surface area contributed by atoms with E-state index in [0.717, 1.165) is 22.0 Å². The molecule has 5 heteroatoms. The smallest absolute Gasteiger partial charge is 0.148 e. The maximum atomic E-state index is 9.95. The van der Waals surface area contributed by atoms with E-state index in [1.165, 1.54) is 4.88 Å². The Morgan fingerprint density at radius 2 is 2.37 bits per heavy atom. The highest BCUT2D eigenvalue weighted by Gasteiger charge is 2.21. The van der Waals surface area contributed by atoms with E-state index in [1.807, 2.05) is 29.6 Å².